The monoisotopic (exact) mass is 357 g/mol. The molecule has 0 spiro atoms. The third-order valence-corrected chi connectivity index (χ3v) is 3.63. The molecule has 2 N–H and O–H groups in total. The van der Waals surface area contributed by atoms with Gasteiger partial charge in [-0.1, -0.05) is 13.3 Å². The Hall–Kier alpha value is -1.76. The number of fused-ring (bicyclic) bond motifs is 1. The van der Waals surface area contributed by atoms with Gasteiger partial charge in [0.1, 0.15) is 19.3 Å². The van der Waals surface area contributed by atoms with Crippen molar-refractivity contribution in [1.29, 1.82) is 0 Å². The Balaban J connectivity index is 2.19. The molecule has 1 aliphatic heterocycles. The Kier molecular flexibility index (Phi) is 5.06. The van der Waals surface area contributed by atoms with Crippen molar-refractivity contribution >= 4 is 27.8 Å². The van der Waals surface area contributed by atoms with E-state index in [9.17, 15) is 9.59 Å². The second kappa shape index (κ2) is 6.80. The molecule has 6 nitrogen and oxygen atoms in total. The third-order valence-electron chi connectivity index (χ3n) is 3.04. The number of carboxylic acid groups (broad SMARTS) is 1. The Morgan fingerprint density at radius 2 is 2.10 bits per heavy atom. The Bertz CT molecular complexity index is 561. The van der Waals surface area contributed by atoms with Crippen molar-refractivity contribution in [2.45, 2.75) is 25.8 Å². The number of carbonyl (C=O) groups is 2. The topological polar surface area (TPSA) is 84.9 Å². The van der Waals surface area contributed by atoms with Crippen molar-refractivity contribution < 1.29 is 24.2 Å². The van der Waals surface area contributed by atoms with Crippen LogP contribution in [0.25, 0.3) is 0 Å². The van der Waals surface area contributed by atoms with Gasteiger partial charge in [-0.25, -0.2) is 4.79 Å². The standard InChI is InChI=1S/C14H16BrNO5/c1-2-3-10(14(18)19)16-13(17)8-6-9(15)12-11(7-8)20-4-5-21-12/h6-7,10H,2-5H2,1H3,(H,16,17)(H,18,19). The number of carboxylic acids is 1. The van der Waals surface area contributed by atoms with E-state index >= 15 is 0 Å². The van der Waals surface area contributed by atoms with Gasteiger partial charge < -0.3 is 19.9 Å². The van der Waals surface area contributed by atoms with E-state index in [0.717, 1.165) is 0 Å². The average Bonchev–Trinajstić information content (AvgIpc) is 2.46. The summed E-state index contributed by atoms with van der Waals surface area (Å²) in [6, 6.07) is 2.25. The van der Waals surface area contributed by atoms with Crippen molar-refractivity contribution in [3.63, 3.8) is 0 Å². The van der Waals surface area contributed by atoms with E-state index in [-0.39, 0.29) is 0 Å². The van der Waals surface area contributed by atoms with Crippen LogP contribution in [0.2, 0.25) is 0 Å². The van der Waals surface area contributed by atoms with Crippen molar-refractivity contribution in [3.8, 4) is 11.5 Å². The van der Waals surface area contributed by atoms with Gasteiger partial charge in [0.05, 0.1) is 4.47 Å². The fourth-order valence-corrected chi connectivity index (χ4v) is 2.59. The molecule has 1 atom stereocenters. The molecule has 2 rings (SSSR count). The first-order valence-corrected chi connectivity index (χ1v) is 7.45. The summed E-state index contributed by atoms with van der Waals surface area (Å²) in [5, 5.41) is 11.6. The smallest absolute Gasteiger partial charge is 0.326 e. The molecule has 7 heteroatoms. The molecule has 1 unspecified atom stereocenters. The highest BCUT2D eigenvalue weighted by atomic mass is 79.9. The molecule has 0 bridgehead atoms. The number of hydrogen-bond acceptors (Lipinski definition) is 4. The normalized spacial score (nSPS) is 14.4. The molecule has 1 amide bonds. The molecular weight excluding hydrogens is 342 g/mol. The van der Waals surface area contributed by atoms with E-state index in [1.807, 2.05) is 6.92 Å². The van der Waals surface area contributed by atoms with Crippen LogP contribution in [0.15, 0.2) is 16.6 Å². The molecule has 1 aromatic carbocycles. The molecule has 1 heterocycles. The predicted octanol–water partition coefficient (Wildman–Crippen LogP) is 2.20. The van der Waals surface area contributed by atoms with Gasteiger partial charge in [0.25, 0.3) is 5.91 Å². The van der Waals surface area contributed by atoms with Gasteiger partial charge in [0, 0.05) is 5.56 Å². The Labute approximate surface area is 130 Å². The first-order chi connectivity index (χ1) is 10.0. The molecule has 0 radical (unpaired) electrons. The van der Waals surface area contributed by atoms with E-state index in [0.29, 0.717) is 47.6 Å². The molecule has 0 fully saturated rings. The first-order valence-electron chi connectivity index (χ1n) is 6.65. The zero-order chi connectivity index (χ0) is 15.4. The Morgan fingerprint density at radius 1 is 1.38 bits per heavy atom. The molecule has 0 saturated carbocycles. The van der Waals surface area contributed by atoms with Gasteiger partial charge in [-0.05, 0) is 34.5 Å². The van der Waals surface area contributed by atoms with Crippen LogP contribution in [-0.2, 0) is 4.79 Å². The summed E-state index contributed by atoms with van der Waals surface area (Å²) in [7, 11) is 0. The van der Waals surface area contributed by atoms with Crippen molar-refractivity contribution in [2.24, 2.45) is 0 Å². The van der Waals surface area contributed by atoms with Crippen LogP contribution >= 0.6 is 15.9 Å². The summed E-state index contributed by atoms with van der Waals surface area (Å²) in [5.74, 6) is -0.459. The minimum absolute atomic E-state index is 0.327. The van der Waals surface area contributed by atoms with Crippen LogP contribution in [0.1, 0.15) is 30.1 Å². The fraction of sp³-hybridized carbons (Fsp3) is 0.429. The van der Waals surface area contributed by atoms with E-state index in [4.69, 9.17) is 14.6 Å². The number of halogens is 1. The van der Waals surface area contributed by atoms with Gasteiger partial charge in [0.15, 0.2) is 11.5 Å². The minimum Gasteiger partial charge on any atom is -0.486 e. The number of rotatable bonds is 5. The molecule has 0 saturated heterocycles. The highest BCUT2D eigenvalue weighted by molar-refractivity contribution is 9.10. The van der Waals surface area contributed by atoms with E-state index in [1.165, 1.54) is 0 Å². The zero-order valence-corrected chi connectivity index (χ0v) is 13.1. The van der Waals surface area contributed by atoms with E-state index < -0.39 is 17.9 Å². The second-order valence-electron chi connectivity index (χ2n) is 4.64. The number of aliphatic carboxylic acids is 1. The SMILES string of the molecule is CCCC(NC(=O)c1cc(Br)c2c(c1)OCCO2)C(=O)O. The number of amides is 1. The molecule has 1 aliphatic rings. The lowest BCUT2D eigenvalue weighted by Crippen LogP contribution is -2.40. The highest BCUT2D eigenvalue weighted by Crippen LogP contribution is 2.38. The maximum absolute atomic E-state index is 12.2. The summed E-state index contributed by atoms with van der Waals surface area (Å²) in [6.45, 7) is 2.73. The first kappa shape index (κ1) is 15.6. The number of nitrogens with one attached hydrogen (secondary N) is 1. The quantitative estimate of drug-likeness (QED) is 0.843. The maximum Gasteiger partial charge on any atom is 0.326 e. The average molecular weight is 358 g/mol. The lowest BCUT2D eigenvalue weighted by molar-refractivity contribution is -0.139. The largest absolute Gasteiger partial charge is 0.486 e. The van der Waals surface area contributed by atoms with Gasteiger partial charge in [0.2, 0.25) is 0 Å². The van der Waals surface area contributed by atoms with Crippen molar-refractivity contribution in [3.05, 3.63) is 22.2 Å². The highest BCUT2D eigenvalue weighted by Gasteiger charge is 2.23. The van der Waals surface area contributed by atoms with E-state index in [1.54, 1.807) is 12.1 Å². The van der Waals surface area contributed by atoms with Crippen LogP contribution in [0.5, 0.6) is 11.5 Å². The van der Waals surface area contributed by atoms with Gasteiger partial charge in [-0.3, -0.25) is 4.79 Å². The number of hydrogen-bond donors (Lipinski definition) is 2. The number of ether oxygens (including phenoxy) is 2. The second-order valence-corrected chi connectivity index (χ2v) is 5.49. The van der Waals surface area contributed by atoms with Gasteiger partial charge in [-0.2, -0.15) is 0 Å². The van der Waals surface area contributed by atoms with Crippen LogP contribution < -0.4 is 14.8 Å². The molecule has 1 aromatic rings. The van der Waals surface area contributed by atoms with Crippen LogP contribution in [0.3, 0.4) is 0 Å². The minimum atomic E-state index is -1.04. The zero-order valence-electron chi connectivity index (χ0n) is 11.5. The van der Waals surface area contributed by atoms with Gasteiger partial charge in [-0.15, -0.1) is 0 Å². The number of benzene rings is 1. The maximum atomic E-state index is 12.2. The van der Waals surface area contributed by atoms with Crippen molar-refractivity contribution in [2.75, 3.05) is 13.2 Å². The van der Waals surface area contributed by atoms with E-state index in [2.05, 4.69) is 21.2 Å². The molecule has 0 aromatic heterocycles. The third kappa shape index (κ3) is 3.66. The fourth-order valence-electron chi connectivity index (χ4n) is 2.03. The van der Waals surface area contributed by atoms with Gasteiger partial charge >= 0.3 is 5.97 Å². The summed E-state index contributed by atoms with van der Waals surface area (Å²) in [4.78, 5) is 23.3. The summed E-state index contributed by atoms with van der Waals surface area (Å²) in [6.07, 6.45) is 1.05. The van der Waals surface area contributed by atoms with Crippen LogP contribution in [-0.4, -0.2) is 36.2 Å². The summed E-state index contributed by atoms with van der Waals surface area (Å²) >= 11 is 3.33. The summed E-state index contributed by atoms with van der Waals surface area (Å²) < 4.78 is 11.5. The Morgan fingerprint density at radius 3 is 2.76 bits per heavy atom. The van der Waals surface area contributed by atoms with Crippen molar-refractivity contribution in [1.82, 2.24) is 5.32 Å². The lowest BCUT2D eigenvalue weighted by Gasteiger charge is -2.20. The molecular formula is C14H16BrNO5. The summed E-state index contributed by atoms with van der Waals surface area (Å²) in [5.41, 5.74) is 0.327. The molecule has 0 aliphatic carbocycles. The molecule has 21 heavy (non-hydrogen) atoms. The lowest BCUT2D eigenvalue weighted by atomic mass is 10.1. The van der Waals surface area contributed by atoms with Crippen LogP contribution in [0.4, 0.5) is 0 Å². The van der Waals surface area contributed by atoms with Crippen LogP contribution in [0, 0.1) is 0 Å². The predicted molar refractivity (Wildman–Crippen MR) is 78.9 cm³/mol. The molecule has 114 valence electrons. The number of carbonyl (C=O) groups excluding carboxylic acids is 1.